The first-order valence-corrected chi connectivity index (χ1v) is 7.77. The molecule has 2 aromatic carbocycles. The Morgan fingerprint density at radius 3 is 2.37 bits per heavy atom. The fourth-order valence-electron chi connectivity index (χ4n) is 2.00. The smallest absolute Gasteiger partial charge is 0.159 e. The highest BCUT2D eigenvalue weighted by Crippen LogP contribution is 2.29. The quantitative estimate of drug-likeness (QED) is 0.610. The Kier molecular flexibility index (Phi) is 5.11. The number of halogens is 4. The highest BCUT2D eigenvalue weighted by molar-refractivity contribution is 9.10. The van der Waals surface area contributed by atoms with Crippen molar-refractivity contribution in [2.24, 2.45) is 0 Å². The minimum atomic E-state index is -0.806. The van der Waals surface area contributed by atoms with Crippen LogP contribution in [0.4, 0.5) is 8.78 Å². The SMILES string of the molecule is Fc1ccc(CC(CBr)c2ccccc2Br)cc1F. The second-order valence-electron chi connectivity index (χ2n) is 4.33. The van der Waals surface area contributed by atoms with Crippen LogP contribution >= 0.6 is 31.9 Å². The predicted molar refractivity (Wildman–Crippen MR) is 80.7 cm³/mol. The number of alkyl halides is 1. The summed E-state index contributed by atoms with van der Waals surface area (Å²) in [5.41, 5.74) is 1.95. The van der Waals surface area contributed by atoms with E-state index in [1.165, 1.54) is 12.1 Å². The maximum Gasteiger partial charge on any atom is 0.159 e. The van der Waals surface area contributed by atoms with Gasteiger partial charge in [-0.15, -0.1) is 0 Å². The third-order valence-corrected chi connectivity index (χ3v) is 4.50. The van der Waals surface area contributed by atoms with E-state index in [1.807, 2.05) is 24.3 Å². The van der Waals surface area contributed by atoms with Crippen LogP contribution < -0.4 is 0 Å². The van der Waals surface area contributed by atoms with E-state index >= 15 is 0 Å². The molecule has 2 rings (SSSR count). The molecular weight excluding hydrogens is 378 g/mol. The minimum Gasteiger partial charge on any atom is -0.204 e. The van der Waals surface area contributed by atoms with Gasteiger partial charge in [0, 0.05) is 9.80 Å². The Hall–Kier alpha value is -0.740. The maximum absolute atomic E-state index is 13.2. The fourth-order valence-corrected chi connectivity index (χ4v) is 3.19. The van der Waals surface area contributed by atoms with Crippen molar-refractivity contribution in [3.05, 3.63) is 69.7 Å². The molecule has 0 N–H and O–H groups in total. The van der Waals surface area contributed by atoms with Crippen molar-refractivity contribution in [3.63, 3.8) is 0 Å². The third kappa shape index (κ3) is 3.63. The van der Waals surface area contributed by atoms with Crippen LogP contribution in [0.3, 0.4) is 0 Å². The largest absolute Gasteiger partial charge is 0.204 e. The summed E-state index contributed by atoms with van der Waals surface area (Å²) in [4.78, 5) is 0. The lowest BCUT2D eigenvalue weighted by atomic mass is 9.94. The predicted octanol–water partition coefficient (Wildman–Crippen LogP) is 5.45. The van der Waals surface area contributed by atoms with Crippen molar-refractivity contribution < 1.29 is 8.78 Å². The number of hydrogen-bond acceptors (Lipinski definition) is 0. The molecule has 0 radical (unpaired) electrons. The highest BCUT2D eigenvalue weighted by Gasteiger charge is 2.14. The maximum atomic E-state index is 13.2. The van der Waals surface area contributed by atoms with Crippen molar-refractivity contribution in [3.8, 4) is 0 Å². The van der Waals surface area contributed by atoms with Crippen LogP contribution in [0.5, 0.6) is 0 Å². The normalized spacial score (nSPS) is 12.4. The summed E-state index contributed by atoms with van der Waals surface area (Å²) >= 11 is 7.01. The molecule has 0 amide bonds. The molecule has 0 saturated heterocycles. The lowest BCUT2D eigenvalue weighted by molar-refractivity contribution is 0.506. The molecule has 0 saturated carbocycles. The Labute approximate surface area is 128 Å². The van der Waals surface area contributed by atoms with Gasteiger partial charge in [-0.2, -0.15) is 0 Å². The van der Waals surface area contributed by atoms with Crippen molar-refractivity contribution in [1.29, 1.82) is 0 Å². The van der Waals surface area contributed by atoms with Gasteiger partial charge in [0.25, 0.3) is 0 Å². The molecule has 100 valence electrons. The molecule has 0 bridgehead atoms. The monoisotopic (exact) mass is 388 g/mol. The van der Waals surface area contributed by atoms with E-state index < -0.39 is 11.6 Å². The van der Waals surface area contributed by atoms with E-state index in [-0.39, 0.29) is 5.92 Å². The van der Waals surface area contributed by atoms with Crippen LogP contribution in [0.25, 0.3) is 0 Å². The number of hydrogen-bond donors (Lipinski definition) is 0. The summed E-state index contributed by atoms with van der Waals surface area (Å²) in [7, 11) is 0. The second kappa shape index (κ2) is 6.62. The first kappa shape index (κ1) is 14.7. The number of benzene rings is 2. The Balaban J connectivity index is 2.24. The molecule has 4 heteroatoms. The zero-order valence-electron chi connectivity index (χ0n) is 10.0. The van der Waals surface area contributed by atoms with E-state index in [2.05, 4.69) is 31.9 Å². The van der Waals surface area contributed by atoms with E-state index in [4.69, 9.17) is 0 Å². The van der Waals surface area contributed by atoms with Crippen molar-refractivity contribution in [1.82, 2.24) is 0 Å². The summed E-state index contributed by atoms with van der Waals surface area (Å²) in [6.45, 7) is 0. The van der Waals surface area contributed by atoms with E-state index in [0.29, 0.717) is 6.42 Å². The first-order chi connectivity index (χ1) is 9.11. The average molecular weight is 390 g/mol. The zero-order chi connectivity index (χ0) is 13.8. The molecular formula is C15H12Br2F2. The van der Waals surface area contributed by atoms with Gasteiger partial charge >= 0.3 is 0 Å². The van der Waals surface area contributed by atoms with Gasteiger partial charge in [0.05, 0.1) is 0 Å². The van der Waals surface area contributed by atoms with Crippen LogP contribution in [-0.4, -0.2) is 5.33 Å². The van der Waals surface area contributed by atoms with Gasteiger partial charge in [-0.3, -0.25) is 0 Å². The molecule has 0 heterocycles. The molecule has 19 heavy (non-hydrogen) atoms. The van der Waals surface area contributed by atoms with Crippen molar-refractivity contribution in [2.75, 3.05) is 5.33 Å². The standard InChI is InChI=1S/C15H12Br2F2/c16-9-11(12-3-1-2-4-13(12)17)7-10-5-6-14(18)15(19)8-10/h1-6,8,11H,7,9H2. The molecule has 0 aliphatic rings. The van der Waals surface area contributed by atoms with E-state index in [0.717, 1.165) is 20.9 Å². The summed E-state index contributed by atoms with van der Waals surface area (Å²) in [5, 5.41) is 0.759. The summed E-state index contributed by atoms with van der Waals surface area (Å²) < 4.78 is 27.2. The lowest BCUT2D eigenvalue weighted by Gasteiger charge is -2.16. The molecule has 1 atom stereocenters. The van der Waals surface area contributed by atoms with Gasteiger partial charge in [0.15, 0.2) is 11.6 Å². The molecule has 0 fully saturated rings. The van der Waals surface area contributed by atoms with Crippen molar-refractivity contribution >= 4 is 31.9 Å². The molecule has 1 unspecified atom stereocenters. The Morgan fingerprint density at radius 2 is 1.74 bits per heavy atom. The Bertz CT molecular complexity index is 570. The lowest BCUT2D eigenvalue weighted by Crippen LogP contribution is -2.06. The minimum absolute atomic E-state index is 0.209. The van der Waals surface area contributed by atoms with Crippen LogP contribution in [0.2, 0.25) is 0 Å². The Morgan fingerprint density at radius 1 is 1.00 bits per heavy atom. The van der Waals surface area contributed by atoms with Gasteiger partial charge in [0.2, 0.25) is 0 Å². The van der Waals surface area contributed by atoms with Gasteiger partial charge < -0.3 is 0 Å². The topological polar surface area (TPSA) is 0 Å². The van der Waals surface area contributed by atoms with Crippen LogP contribution in [0.15, 0.2) is 46.9 Å². The highest BCUT2D eigenvalue weighted by atomic mass is 79.9. The van der Waals surface area contributed by atoms with Gasteiger partial charge in [-0.05, 0) is 41.7 Å². The van der Waals surface area contributed by atoms with Gasteiger partial charge in [0.1, 0.15) is 0 Å². The van der Waals surface area contributed by atoms with Crippen molar-refractivity contribution in [2.45, 2.75) is 12.3 Å². The van der Waals surface area contributed by atoms with Gasteiger partial charge in [-0.25, -0.2) is 8.78 Å². The third-order valence-electron chi connectivity index (χ3n) is 3.00. The molecule has 0 aliphatic carbocycles. The summed E-state index contributed by atoms with van der Waals surface area (Å²) in [5.74, 6) is -1.39. The van der Waals surface area contributed by atoms with Gasteiger partial charge in [-0.1, -0.05) is 56.1 Å². The molecule has 2 aromatic rings. The average Bonchev–Trinajstić information content (AvgIpc) is 2.41. The van der Waals surface area contributed by atoms with Crippen LogP contribution in [0.1, 0.15) is 17.0 Å². The second-order valence-corrected chi connectivity index (χ2v) is 5.83. The fraction of sp³-hybridized carbons (Fsp3) is 0.200. The molecule has 0 spiro atoms. The zero-order valence-corrected chi connectivity index (χ0v) is 13.2. The summed E-state index contributed by atoms with van der Waals surface area (Å²) in [6, 6.07) is 12.0. The molecule has 0 aliphatic heterocycles. The van der Waals surface area contributed by atoms with E-state index in [1.54, 1.807) is 6.07 Å². The molecule has 0 aromatic heterocycles. The summed E-state index contributed by atoms with van der Waals surface area (Å²) in [6.07, 6.45) is 0.658. The van der Waals surface area contributed by atoms with Crippen LogP contribution in [-0.2, 0) is 6.42 Å². The first-order valence-electron chi connectivity index (χ1n) is 5.86. The molecule has 0 nitrogen and oxygen atoms in total. The number of rotatable bonds is 4. The van der Waals surface area contributed by atoms with Crippen LogP contribution in [0, 0.1) is 11.6 Å². The van der Waals surface area contributed by atoms with E-state index in [9.17, 15) is 8.78 Å².